The van der Waals surface area contributed by atoms with Crippen LogP contribution in [-0.2, 0) is 67.9 Å². The van der Waals surface area contributed by atoms with E-state index in [0.29, 0.717) is 34.1 Å². The zero-order chi connectivity index (χ0) is 78.0. The van der Waals surface area contributed by atoms with Crippen LogP contribution in [0.15, 0.2) is 158 Å². The van der Waals surface area contributed by atoms with Gasteiger partial charge in [0.05, 0.1) is 35.5 Å². The summed E-state index contributed by atoms with van der Waals surface area (Å²) in [5, 5.41) is 1.80. The molecule has 0 radical (unpaired) electrons. The summed E-state index contributed by atoms with van der Waals surface area (Å²) < 4.78 is 86.5. The van der Waals surface area contributed by atoms with Crippen LogP contribution < -0.4 is 18.9 Å². The normalized spacial score (nSPS) is 13.6. The molecule has 4 amide bonds. The van der Waals surface area contributed by atoms with Crippen molar-refractivity contribution >= 4 is 96.3 Å². The smallest absolute Gasteiger partial charge is 0.462 e. The number of esters is 2. The molecular formula is C86H86N2O20Si2. The molecule has 0 saturated heterocycles. The number of ether oxygens (including phenoxy) is 8. The van der Waals surface area contributed by atoms with Crippen LogP contribution in [0.3, 0.4) is 0 Å². The van der Waals surface area contributed by atoms with Gasteiger partial charge in [-0.05, 0) is 184 Å². The Balaban J connectivity index is 1.12. The fourth-order valence-corrected chi connectivity index (χ4v) is 17.5. The first kappa shape index (κ1) is 77.4. The molecule has 2 aliphatic heterocycles. The number of imide groups is 2. The Labute approximate surface area is 639 Å². The Morgan fingerprint density at radius 2 is 0.564 bits per heavy atom. The van der Waals surface area contributed by atoms with E-state index in [0.717, 1.165) is 54.3 Å². The number of hydrogen-bond acceptors (Lipinski definition) is 20. The maximum Gasteiger partial charge on any atom is 0.527 e. The summed E-state index contributed by atoms with van der Waals surface area (Å²) >= 11 is 0. The lowest BCUT2D eigenvalue weighted by molar-refractivity contribution is -0.150. The monoisotopic (exact) mass is 1520 g/mol. The highest BCUT2D eigenvalue weighted by atomic mass is 28.4. The fraction of sp³-hybridized carbons (Fsp3) is 0.279. The highest BCUT2D eigenvalue weighted by Crippen LogP contribution is 2.58. The van der Waals surface area contributed by atoms with Gasteiger partial charge < -0.3 is 64.5 Å². The molecule has 11 aromatic rings. The van der Waals surface area contributed by atoms with Crippen molar-refractivity contribution in [2.45, 2.75) is 80.3 Å². The van der Waals surface area contributed by atoms with E-state index in [4.69, 9.17) is 64.5 Å². The van der Waals surface area contributed by atoms with Gasteiger partial charge in [0, 0.05) is 98.6 Å². The van der Waals surface area contributed by atoms with Crippen LogP contribution in [-0.4, -0.2) is 157 Å². The van der Waals surface area contributed by atoms with Crippen LogP contribution in [0.25, 0.3) is 43.1 Å². The third-order valence-electron chi connectivity index (χ3n) is 19.7. The molecule has 2 heterocycles. The number of rotatable bonds is 32. The zero-order valence-corrected chi connectivity index (χ0v) is 65.9. The molecule has 568 valence electrons. The average Bonchev–Trinajstić information content (AvgIpc) is 0.670. The Kier molecular flexibility index (Phi) is 22.8. The Bertz CT molecular complexity index is 4750. The lowest BCUT2D eigenvalue weighted by Crippen LogP contribution is -2.52. The van der Waals surface area contributed by atoms with E-state index in [-0.39, 0.29) is 140 Å². The van der Waals surface area contributed by atoms with Crippen molar-refractivity contribution in [1.29, 1.82) is 0 Å². The second-order valence-electron chi connectivity index (χ2n) is 27.8. The second kappa shape index (κ2) is 32.4. The predicted molar refractivity (Wildman–Crippen MR) is 418 cm³/mol. The molecule has 0 fully saturated rings. The maximum atomic E-state index is 16.6. The van der Waals surface area contributed by atoms with Gasteiger partial charge in [-0.2, -0.15) is 0 Å². The largest absolute Gasteiger partial charge is 0.527 e. The van der Waals surface area contributed by atoms with Crippen molar-refractivity contribution in [2.75, 3.05) is 81.5 Å². The molecule has 2 unspecified atom stereocenters. The molecule has 13 rings (SSSR count). The summed E-state index contributed by atoms with van der Waals surface area (Å²) in [5.41, 5.74) is 7.72. The topological polar surface area (TPSA) is 238 Å². The van der Waals surface area contributed by atoms with E-state index >= 15 is 28.8 Å². The van der Waals surface area contributed by atoms with E-state index in [1.807, 2.05) is 140 Å². The molecule has 24 heteroatoms. The number of nitrogens with zero attached hydrogens (tertiary/aromatic N) is 2. The van der Waals surface area contributed by atoms with Crippen LogP contribution in [0.5, 0.6) is 46.0 Å². The number of carbonyl (C=O) groups is 6. The van der Waals surface area contributed by atoms with Gasteiger partial charge in [0.2, 0.25) is 0 Å². The number of aryl methyl sites for hydroxylation is 8. The molecule has 110 heavy (non-hydrogen) atoms. The quantitative estimate of drug-likeness (QED) is 0.00951. The standard InChI is InChI=1S/C86H86N2O20Si2/c1-49-29-50(2)34-59(33-49)105-69-43-63-73-64(82(90)87(81(63)89)67(41-57-21-17-15-18-22-57)85(93)103-27-25-101-47-109(95-9,96-10)97-11)45-71(107-61-37-53(5)31-54(6)38-61)77-78-72(108-62-39-55(7)32-56(8)40-62)46-66-74-65(44-70(76(80(74)78)75(69)79(73)77)106-60-35-51(3)30-52(4)36-60)83(91)88(84(66)92)68(42-58-23-19-16-20-24-58)86(94)104-28-26-102-48-110(98-12,99-13)100-14/h15-24,29-40,43-46,67-68H,25-28,41-42,47-48H2,1-14H3. The first-order chi connectivity index (χ1) is 52.9. The molecule has 0 N–H and O–H groups in total. The van der Waals surface area contributed by atoms with Crippen molar-refractivity contribution in [3.63, 3.8) is 0 Å². The predicted octanol–water partition coefficient (Wildman–Crippen LogP) is 15.7. The Morgan fingerprint density at radius 1 is 0.318 bits per heavy atom. The van der Waals surface area contributed by atoms with Crippen LogP contribution in [0.1, 0.15) is 97.1 Å². The van der Waals surface area contributed by atoms with Gasteiger partial charge in [0.25, 0.3) is 23.6 Å². The molecule has 0 aliphatic carbocycles. The average molecular weight is 1520 g/mol. The lowest BCUT2D eigenvalue weighted by atomic mass is 9.80. The number of fused-ring (bicyclic) bond motifs is 2. The van der Waals surface area contributed by atoms with Gasteiger partial charge in [-0.25, -0.2) is 9.59 Å². The zero-order valence-electron chi connectivity index (χ0n) is 63.9. The highest BCUT2D eigenvalue weighted by Gasteiger charge is 2.48. The molecule has 0 aromatic heterocycles. The second-order valence-corrected chi connectivity index (χ2v) is 33.6. The summed E-state index contributed by atoms with van der Waals surface area (Å²) in [6, 6.07) is 43.7. The third kappa shape index (κ3) is 15.5. The summed E-state index contributed by atoms with van der Waals surface area (Å²) in [6.07, 6.45) is -0.483. The SMILES string of the molecule is CO[Si](COCCOC(=O)C(Cc1ccccc1)N1C(=O)c2cc(Oc3cc(C)cc(C)c3)c3c4c(Oc5cc(C)cc(C)c5)cc5c6c(cc(Oc7cc(C)cc(C)c7)c(c7c(Oc8cc(C)cc(C)c8)cc(c2c37)C1=O)c64)C(=O)N(C(Cc1ccccc1)C(=O)OCCOC[Si](OC)(OC)OC)C5=O)(OC)OC. The van der Waals surface area contributed by atoms with Crippen molar-refractivity contribution < 1.29 is 93.2 Å². The van der Waals surface area contributed by atoms with Gasteiger partial charge in [0.15, 0.2) is 0 Å². The Hall–Kier alpha value is -10.7. The summed E-state index contributed by atoms with van der Waals surface area (Å²) in [5.74, 6) is -3.69. The summed E-state index contributed by atoms with van der Waals surface area (Å²) in [7, 11) is 2.25. The Morgan fingerprint density at radius 3 is 0.800 bits per heavy atom. The van der Waals surface area contributed by atoms with Gasteiger partial charge in [-0.3, -0.25) is 29.0 Å². The van der Waals surface area contributed by atoms with E-state index in [2.05, 4.69) is 0 Å². The minimum Gasteiger partial charge on any atom is -0.462 e. The van der Waals surface area contributed by atoms with Crippen molar-refractivity contribution in [3.05, 3.63) is 236 Å². The first-order valence-corrected chi connectivity index (χ1v) is 39.8. The van der Waals surface area contributed by atoms with Crippen molar-refractivity contribution in [2.24, 2.45) is 0 Å². The molecule has 11 aromatic carbocycles. The van der Waals surface area contributed by atoms with Crippen LogP contribution in [0.4, 0.5) is 0 Å². The molecule has 0 saturated carbocycles. The first-order valence-electron chi connectivity index (χ1n) is 36.0. The van der Waals surface area contributed by atoms with Gasteiger partial charge in [-0.15, -0.1) is 0 Å². The third-order valence-corrected chi connectivity index (χ3v) is 24.6. The molecule has 2 atom stereocenters. The molecule has 0 bridgehead atoms. The van der Waals surface area contributed by atoms with Gasteiger partial charge in [0.1, 0.15) is 83.8 Å². The van der Waals surface area contributed by atoms with Crippen molar-refractivity contribution in [3.8, 4) is 46.0 Å². The molecule has 0 spiro atoms. The minimum absolute atomic E-state index is 0.0486. The highest BCUT2D eigenvalue weighted by molar-refractivity contribution is 6.60. The van der Waals surface area contributed by atoms with Crippen molar-refractivity contribution in [1.82, 2.24) is 9.80 Å². The van der Waals surface area contributed by atoms with E-state index in [1.165, 1.54) is 42.7 Å². The van der Waals surface area contributed by atoms with Crippen LogP contribution >= 0.6 is 0 Å². The number of hydrogen-bond donors (Lipinski definition) is 0. The summed E-state index contributed by atoms with van der Waals surface area (Å²) in [6.45, 7) is 14.5. The van der Waals surface area contributed by atoms with Gasteiger partial charge in [-0.1, -0.05) is 84.9 Å². The van der Waals surface area contributed by atoms with Crippen LogP contribution in [0.2, 0.25) is 0 Å². The number of benzene rings is 11. The van der Waals surface area contributed by atoms with E-state index < -0.39 is 65.3 Å². The number of carbonyl (C=O) groups excluding carboxylic acids is 6. The molecular weight excluding hydrogens is 1440 g/mol. The molecule has 22 nitrogen and oxygen atoms in total. The van der Waals surface area contributed by atoms with E-state index in [1.54, 1.807) is 72.8 Å². The lowest BCUT2D eigenvalue weighted by Gasteiger charge is -2.35. The maximum absolute atomic E-state index is 16.6. The van der Waals surface area contributed by atoms with Gasteiger partial charge >= 0.3 is 29.5 Å². The molecule has 2 aliphatic rings. The fourth-order valence-electron chi connectivity index (χ4n) is 15.0. The van der Waals surface area contributed by atoms with E-state index in [9.17, 15) is 0 Å². The van der Waals surface area contributed by atoms with Crippen LogP contribution in [0, 0.1) is 55.4 Å². The minimum atomic E-state index is -3.22. The number of amides is 4. The summed E-state index contributed by atoms with van der Waals surface area (Å²) in [4.78, 5) is 98.6.